The Balaban J connectivity index is 2.54. The van der Waals surface area contributed by atoms with Gasteiger partial charge >= 0.3 is 0 Å². The van der Waals surface area contributed by atoms with E-state index in [1.807, 2.05) is 12.1 Å². The molecule has 9 heavy (non-hydrogen) atoms. The van der Waals surface area contributed by atoms with Crippen LogP contribution in [0, 0.1) is 6.07 Å². The molecular weight excluding hydrogens is 112 g/mol. The van der Waals surface area contributed by atoms with Crippen molar-refractivity contribution >= 4 is 0 Å². The zero-order valence-electron chi connectivity index (χ0n) is 5.05. The minimum Gasteiger partial charge on any atom is -0.372 e. The molecule has 1 radical (unpaired) electrons. The van der Waals surface area contributed by atoms with Gasteiger partial charge in [0.25, 0.3) is 0 Å². The van der Waals surface area contributed by atoms with Gasteiger partial charge in [-0.05, 0) is 23.3 Å². The van der Waals surface area contributed by atoms with Gasteiger partial charge in [0, 0.05) is 0 Å². The fraction of sp³-hybridized carbons (Fsp3) is 0.250. The molecule has 0 fully saturated rings. The summed E-state index contributed by atoms with van der Waals surface area (Å²) in [7, 11) is 0. The molecule has 0 unspecified atom stereocenters. The van der Waals surface area contributed by atoms with Crippen LogP contribution < -0.4 is 0 Å². The van der Waals surface area contributed by atoms with Crippen molar-refractivity contribution in [2.24, 2.45) is 0 Å². The van der Waals surface area contributed by atoms with E-state index >= 15 is 0 Å². The van der Waals surface area contributed by atoms with Gasteiger partial charge in [0.05, 0.1) is 13.2 Å². The van der Waals surface area contributed by atoms with Gasteiger partial charge in [-0.25, -0.2) is 0 Å². The zero-order chi connectivity index (χ0) is 6.10. The predicted molar refractivity (Wildman–Crippen MR) is 33.8 cm³/mol. The predicted octanol–water partition coefficient (Wildman–Crippen LogP) is 1.52. The smallest absolute Gasteiger partial charge is 0.0725 e. The van der Waals surface area contributed by atoms with Crippen molar-refractivity contribution in [3.8, 4) is 0 Å². The monoisotopic (exact) mass is 119 g/mol. The number of ether oxygens (including phenoxy) is 1. The zero-order valence-corrected chi connectivity index (χ0v) is 5.05. The Bertz CT molecular complexity index is 195. The maximum Gasteiger partial charge on any atom is 0.0725 e. The Labute approximate surface area is 54.3 Å². The van der Waals surface area contributed by atoms with Crippen LogP contribution >= 0.6 is 0 Å². The molecule has 0 N–H and O–H groups in total. The van der Waals surface area contributed by atoms with Crippen LogP contribution in [0.2, 0.25) is 0 Å². The molecule has 1 heteroatoms. The fourth-order valence-corrected chi connectivity index (χ4v) is 1.04. The lowest BCUT2D eigenvalue weighted by molar-refractivity contribution is 0.134. The molecule has 1 aliphatic heterocycles. The van der Waals surface area contributed by atoms with Crippen molar-refractivity contribution in [2.75, 3.05) is 0 Å². The average Bonchev–Trinajstić information content (AvgIpc) is 2.33. The lowest BCUT2D eigenvalue weighted by Crippen LogP contribution is -1.77. The SMILES string of the molecule is [c]1ccc2c(c1)COC2. The van der Waals surface area contributed by atoms with Gasteiger partial charge < -0.3 is 4.74 Å². The standard InChI is InChI=1S/C8H7O/c1-2-4-8-6-9-5-7(8)3-1/h1,3-4H,5-6H2. The van der Waals surface area contributed by atoms with Gasteiger partial charge in [-0.2, -0.15) is 0 Å². The number of hydrogen-bond acceptors (Lipinski definition) is 1. The lowest BCUT2D eigenvalue weighted by Gasteiger charge is -1.89. The van der Waals surface area contributed by atoms with E-state index < -0.39 is 0 Å². The summed E-state index contributed by atoms with van der Waals surface area (Å²) in [5.41, 5.74) is 2.60. The molecule has 1 aliphatic rings. The second-order valence-electron chi connectivity index (χ2n) is 2.19. The Morgan fingerprint density at radius 2 is 2.22 bits per heavy atom. The first kappa shape index (κ1) is 5.00. The van der Waals surface area contributed by atoms with E-state index in [9.17, 15) is 0 Å². The lowest BCUT2D eigenvalue weighted by atomic mass is 10.1. The second-order valence-corrected chi connectivity index (χ2v) is 2.19. The van der Waals surface area contributed by atoms with E-state index in [0.717, 1.165) is 13.2 Å². The molecule has 0 bridgehead atoms. The minimum atomic E-state index is 0.771. The van der Waals surface area contributed by atoms with Gasteiger partial charge in [-0.1, -0.05) is 12.1 Å². The number of fused-ring (bicyclic) bond motifs is 1. The summed E-state index contributed by atoms with van der Waals surface area (Å²) < 4.78 is 5.19. The molecule has 45 valence electrons. The van der Waals surface area contributed by atoms with Crippen molar-refractivity contribution < 1.29 is 4.74 Å². The Morgan fingerprint density at radius 3 is 3.11 bits per heavy atom. The summed E-state index contributed by atoms with van der Waals surface area (Å²) in [4.78, 5) is 0. The fourth-order valence-electron chi connectivity index (χ4n) is 1.04. The summed E-state index contributed by atoms with van der Waals surface area (Å²) in [5.74, 6) is 0. The molecule has 0 atom stereocenters. The van der Waals surface area contributed by atoms with E-state index in [1.165, 1.54) is 11.1 Å². The highest BCUT2D eigenvalue weighted by Gasteiger charge is 2.07. The summed E-state index contributed by atoms with van der Waals surface area (Å²) in [5, 5.41) is 0. The van der Waals surface area contributed by atoms with Gasteiger partial charge in [0.2, 0.25) is 0 Å². The average molecular weight is 119 g/mol. The molecule has 0 aliphatic carbocycles. The van der Waals surface area contributed by atoms with E-state index in [2.05, 4.69) is 12.1 Å². The van der Waals surface area contributed by atoms with Gasteiger partial charge in [0.1, 0.15) is 0 Å². The van der Waals surface area contributed by atoms with Crippen LogP contribution in [0.5, 0.6) is 0 Å². The molecule has 0 aromatic heterocycles. The van der Waals surface area contributed by atoms with E-state index in [4.69, 9.17) is 4.74 Å². The molecule has 1 aromatic rings. The second kappa shape index (κ2) is 1.85. The largest absolute Gasteiger partial charge is 0.372 e. The summed E-state index contributed by atoms with van der Waals surface area (Å²) in [6.45, 7) is 1.55. The van der Waals surface area contributed by atoms with Gasteiger partial charge in [0.15, 0.2) is 0 Å². The summed E-state index contributed by atoms with van der Waals surface area (Å²) in [6.07, 6.45) is 0. The molecule has 1 heterocycles. The molecule has 1 nitrogen and oxygen atoms in total. The number of rotatable bonds is 0. The van der Waals surface area contributed by atoms with E-state index in [-0.39, 0.29) is 0 Å². The third-order valence-corrected chi connectivity index (χ3v) is 1.57. The van der Waals surface area contributed by atoms with Crippen LogP contribution in [-0.4, -0.2) is 0 Å². The van der Waals surface area contributed by atoms with Gasteiger partial charge in [-0.3, -0.25) is 0 Å². The molecule has 2 rings (SSSR count). The third kappa shape index (κ3) is 0.736. The van der Waals surface area contributed by atoms with Crippen LogP contribution in [0.3, 0.4) is 0 Å². The normalized spacial score (nSPS) is 15.6. The number of benzene rings is 1. The molecule has 0 saturated heterocycles. The maximum atomic E-state index is 5.19. The minimum absolute atomic E-state index is 0.771. The quantitative estimate of drug-likeness (QED) is 0.503. The van der Waals surface area contributed by atoms with Crippen molar-refractivity contribution in [3.63, 3.8) is 0 Å². The van der Waals surface area contributed by atoms with E-state index in [1.54, 1.807) is 0 Å². The maximum absolute atomic E-state index is 5.19. The Hall–Kier alpha value is -0.820. The first-order valence-corrected chi connectivity index (χ1v) is 3.02. The van der Waals surface area contributed by atoms with Crippen molar-refractivity contribution in [2.45, 2.75) is 13.2 Å². The summed E-state index contributed by atoms with van der Waals surface area (Å²) >= 11 is 0. The Morgan fingerprint density at radius 1 is 1.33 bits per heavy atom. The Kier molecular flexibility index (Phi) is 1.03. The van der Waals surface area contributed by atoms with Crippen LogP contribution in [-0.2, 0) is 18.0 Å². The van der Waals surface area contributed by atoms with E-state index in [0.29, 0.717) is 0 Å². The highest BCUT2D eigenvalue weighted by Crippen LogP contribution is 2.17. The first-order chi connectivity index (χ1) is 4.47. The highest BCUT2D eigenvalue weighted by atomic mass is 16.5. The summed E-state index contributed by atoms with van der Waals surface area (Å²) in [6, 6.07) is 8.98. The van der Waals surface area contributed by atoms with Crippen molar-refractivity contribution in [1.29, 1.82) is 0 Å². The van der Waals surface area contributed by atoms with Crippen molar-refractivity contribution in [3.05, 3.63) is 35.4 Å². The number of hydrogen-bond donors (Lipinski definition) is 0. The third-order valence-electron chi connectivity index (χ3n) is 1.57. The topological polar surface area (TPSA) is 9.23 Å². The van der Waals surface area contributed by atoms with Crippen LogP contribution in [0.4, 0.5) is 0 Å². The molecule has 0 amide bonds. The van der Waals surface area contributed by atoms with Crippen LogP contribution in [0.1, 0.15) is 11.1 Å². The molecule has 0 spiro atoms. The van der Waals surface area contributed by atoms with Crippen molar-refractivity contribution in [1.82, 2.24) is 0 Å². The highest BCUT2D eigenvalue weighted by molar-refractivity contribution is 5.27. The van der Waals surface area contributed by atoms with Crippen LogP contribution in [0.15, 0.2) is 18.2 Å². The molecular formula is C8H7O. The van der Waals surface area contributed by atoms with Gasteiger partial charge in [-0.15, -0.1) is 0 Å². The molecule has 0 saturated carbocycles. The molecule has 1 aromatic carbocycles. The van der Waals surface area contributed by atoms with Crippen LogP contribution in [0.25, 0.3) is 0 Å². The first-order valence-electron chi connectivity index (χ1n) is 3.02.